The van der Waals surface area contributed by atoms with Gasteiger partial charge in [0.25, 0.3) is 5.56 Å². The van der Waals surface area contributed by atoms with Gasteiger partial charge >= 0.3 is 0 Å². The van der Waals surface area contributed by atoms with E-state index in [1.165, 1.54) is 21.8 Å². The van der Waals surface area contributed by atoms with Gasteiger partial charge in [-0.15, -0.1) is 0 Å². The van der Waals surface area contributed by atoms with E-state index in [1.54, 1.807) is 0 Å². The molecule has 9 nitrogen and oxygen atoms in total. The Balaban J connectivity index is 1.98. The summed E-state index contributed by atoms with van der Waals surface area (Å²) in [4.78, 5) is 20.7. The summed E-state index contributed by atoms with van der Waals surface area (Å²) in [5.41, 5.74) is 0.202. The van der Waals surface area contributed by atoms with E-state index in [1.807, 2.05) is 6.92 Å². The number of aromatic nitrogens is 4. The molecule has 1 aliphatic rings. The molecule has 1 saturated heterocycles. The lowest BCUT2D eigenvalue weighted by Crippen LogP contribution is -2.33. The van der Waals surface area contributed by atoms with Crippen LogP contribution < -0.4 is 5.56 Å². The lowest BCUT2D eigenvalue weighted by Gasteiger charge is -2.16. The summed E-state index contributed by atoms with van der Waals surface area (Å²) in [7, 11) is 0. The van der Waals surface area contributed by atoms with E-state index in [2.05, 4.69) is 9.97 Å². The molecule has 1 fully saturated rings. The van der Waals surface area contributed by atoms with Crippen molar-refractivity contribution in [2.24, 2.45) is 0 Å². The van der Waals surface area contributed by atoms with E-state index < -0.39 is 31.1 Å². The van der Waals surface area contributed by atoms with E-state index in [0.29, 0.717) is 6.54 Å². The maximum absolute atomic E-state index is 12.4. The van der Waals surface area contributed by atoms with E-state index in [0.717, 1.165) is 12.8 Å². The molecule has 4 atom stereocenters. The number of unbranched alkanes of at least 4 members (excludes halogenated alkanes) is 1. The molecule has 0 bridgehead atoms. The minimum Gasteiger partial charge on any atom is -0.394 e. The highest BCUT2D eigenvalue weighted by atomic mass is 16.6. The van der Waals surface area contributed by atoms with E-state index >= 15 is 0 Å². The van der Waals surface area contributed by atoms with Gasteiger partial charge in [0, 0.05) is 6.54 Å². The van der Waals surface area contributed by atoms with Gasteiger partial charge in [-0.1, -0.05) is 13.3 Å². The van der Waals surface area contributed by atoms with Crippen molar-refractivity contribution in [2.45, 2.75) is 50.8 Å². The summed E-state index contributed by atoms with van der Waals surface area (Å²) < 4.78 is 8.35. The fraction of sp³-hybridized carbons (Fsp3) is 0.643. The fourth-order valence-corrected chi connectivity index (χ4v) is 2.73. The van der Waals surface area contributed by atoms with Crippen LogP contribution in [0.5, 0.6) is 0 Å². The summed E-state index contributed by atoms with van der Waals surface area (Å²) in [5, 5.41) is 29.1. The Hall–Kier alpha value is -1.81. The number of aliphatic hydroxyl groups excluding tert-OH is 3. The van der Waals surface area contributed by atoms with Crippen LogP contribution in [0.3, 0.4) is 0 Å². The molecule has 2 aromatic rings. The maximum atomic E-state index is 12.4. The predicted octanol–water partition coefficient (Wildman–Crippen LogP) is -0.995. The minimum atomic E-state index is -1.24. The van der Waals surface area contributed by atoms with Gasteiger partial charge < -0.3 is 20.1 Å². The molecular formula is C14H20N4O5. The molecule has 126 valence electrons. The Bertz CT molecular complexity index is 742. The van der Waals surface area contributed by atoms with Crippen LogP contribution in [0, 0.1) is 0 Å². The second-order valence-electron chi connectivity index (χ2n) is 5.65. The monoisotopic (exact) mass is 324 g/mol. The van der Waals surface area contributed by atoms with Crippen LogP contribution in [0.15, 0.2) is 17.4 Å². The molecule has 9 heteroatoms. The summed E-state index contributed by atoms with van der Waals surface area (Å²) in [6, 6.07) is 0. The number of rotatable bonds is 5. The molecule has 0 saturated carbocycles. The first-order valence-electron chi connectivity index (χ1n) is 7.63. The van der Waals surface area contributed by atoms with Gasteiger partial charge in [0.05, 0.1) is 12.9 Å². The Morgan fingerprint density at radius 3 is 2.70 bits per heavy atom. The number of nitrogens with zero attached hydrogens (tertiary/aromatic N) is 4. The third-order valence-corrected chi connectivity index (χ3v) is 4.09. The van der Waals surface area contributed by atoms with Crippen molar-refractivity contribution in [3.8, 4) is 0 Å². The van der Waals surface area contributed by atoms with Crippen LogP contribution in [0.1, 0.15) is 26.0 Å². The highest BCUT2D eigenvalue weighted by molar-refractivity contribution is 5.69. The standard InChI is InChI=1S/C14H20N4O5/c1-2-3-4-17-6-16-12-9(13(17)22)15-7-18(12)14-11(21)10(20)8(5-19)23-14/h6-8,10-11,14,19-21H,2-5H2,1H3/t8-,10-,11-,14-/m1/s1. The Kier molecular flexibility index (Phi) is 4.44. The first kappa shape index (κ1) is 16.1. The summed E-state index contributed by atoms with van der Waals surface area (Å²) in [5.74, 6) is 0. The van der Waals surface area contributed by atoms with Gasteiger partial charge in [-0.25, -0.2) is 9.97 Å². The molecule has 23 heavy (non-hydrogen) atoms. The Morgan fingerprint density at radius 2 is 2.04 bits per heavy atom. The van der Waals surface area contributed by atoms with Gasteiger partial charge in [-0.05, 0) is 6.42 Å². The van der Waals surface area contributed by atoms with Crippen molar-refractivity contribution < 1.29 is 20.1 Å². The van der Waals surface area contributed by atoms with Gasteiger partial charge in [0.2, 0.25) is 0 Å². The molecule has 2 aromatic heterocycles. The highest BCUT2D eigenvalue weighted by Gasteiger charge is 2.44. The molecular weight excluding hydrogens is 304 g/mol. The summed E-state index contributed by atoms with van der Waals surface area (Å²) in [6.45, 7) is 2.19. The number of hydrogen-bond acceptors (Lipinski definition) is 7. The Labute approximate surface area is 131 Å². The van der Waals surface area contributed by atoms with Gasteiger partial charge in [-0.3, -0.25) is 13.9 Å². The van der Waals surface area contributed by atoms with Crippen molar-refractivity contribution in [3.05, 3.63) is 23.0 Å². The second-order valence-corrected chi connectivity index (χ2v) is 5.65. The zero-order chi connectivity index (χ0) is 16.6. The average Bonchev–Trinajstić information content (AvgIpc) is 3.10. The minimum absolute atomic E-state index is 0.182. The third kappa shape index (κ3) is 2.65. The smallest absolute Gasteiger partial charge is 0.281 e. The molecule has 0 spiro atoms. The van der Waals surface area contributed by atoms with E-state index in [-0.39, 0.29) is 16.7 Å². The molecule has 0 radical (unpaired) electrons. The zero-order valence-corrected chi connectivity index (χ0v) is 12.7. The number of hydrogen-bond donors (Lipinski definition) is 3. The molecule has 3 heterocycles. The molecule has 1 aliphatic heterocycles. The first-order valence-corrected chi connectivity index (χ1v) is 7.63. The van der Waals surface area contributed by atoms with Crippen LogP contribution in [0.25, 0.3) is 11.2 Å². The van der Waals surface area contributed by atoms with Crippen molar-refractivity contribution in [2.75, 3.05) is 6.61 Å². The largest absolute Gasteiger partial charge is 0.394 e. The van der Waals surface area contributed by atoms with Crippen molar-refractivity contribution in [3.63, 3.8) is 0 Å². The van der Waals surface area contributed by atoms with Crippen LogP contribution in [-0.2, 0) is 11.3 Å². The first-order chi connectivity index (χ1) is 11.1. The number of aryl methyl sites for hydroxylation is 1. The predicted molar refractivity (Wildman–Crippen MR) is 79.7 cm³/mol. The molecule has 0 unspecified atom stereocenters. The van der Waals surface area contributed by atoms with Crippen LogP contribution >= 0.6 is 0 Å². The fourth-order valence-electron chi connectivity index (χ4n) is 2.73. The van der Waals surface area contributed by atoms with Crippen molar-refractivity contribution >= 4 is 11.2 Å². The van der Waals surface area contributed by atoms with Gasteiger partial charge in [0.15, 0.2) is 17.4 Å². The van der Waals surface area contributed by atoms with Gasteiger partial charge in [-0.2, -0.15) is 0 Å². The molecule has 0 aromatic carbocycles. The number of aliphatic hydroxyl groups is 3. The zero-order valence-electron chi connectivity index (χ0n) is 12.7. The van der Waals surface area contributed by atoms with Crippen LogP contribution in [-0.4, -0.2) is 59.3 Å². The average molecular weight is 324 g/mol. The third-order valence-electron chi connectivity index (χ3n) is 4.09. The van der Waals surface area contributed by atoms with Gasteiger partial charge in [0.1, 0.15) is 24.6 Å². The maximum Gasteiger partial charge on any atom is 0.281 e. The van der Waals surface area contributed by atoms with Crippen LogP contribution in [0.2, 0.25) is 0 Å². The normalized spacial score (nSPS) is 27.8. The summed E-state index contributed by atoms with van der Waals surface area (Å²) >= 11 is 0. The van der Waals surface area contributed by atoms with Crippen molar-refractivity contribution in [1.82, 2.24) is 19.1 Å². The van der Waals surface area contributed by atoms with Crippen molar-refractivity contribution in [1.29, 1.82) is 0 Å². The molecule has 3 N–H and O–H groups in total. The topological polar surface area (TPSA) is 123 Å². The lowest BCUT2D eigenvalue weighted by atomic mass is 10.1. The van der Waals surface area contributed by atoms with Crippen LogP contribution in [0.4, 0.5) is 0 Å². The summed E-state index contributed by atoms with van der Waals surface area (Å²) in [6.07, 6.45) is 0.317. The lowest BCUT2D eigenvalue weighted by molar-refractivity contribution is -0.0511. The molecule has 3 rings (SSSR count). The van der Waals surface area contributed by atoms with E-state index in [9.17, 15) is 15.0 Å². The SMILES string of the molecule is CCCCn1cnc2c(ncn2[C@@H]2O[C@H](CO)[C@@H](O)[C@H]2O)c1=O. The quantitative estimate of drug-likeness (QED) is 0.645. The number of fused-ring (bicyclic) bond motifs is 1. The number of ether oxygens (including phenoxy) is 1. The second kappa shape index (κ2) is 6.36. The van der Waals surface area contributed by atoms with E-state index in [4.69, 9.17) is 9.84 Å². The molecule has 0 amide bonds. The number of imidazole rings is 1. The highest BCUT2D eigenvalue weighted by Crippen LogP contribution is 2.30. The Morgan fingerprint density at radius 1 is 1.26 bits per heavy atom. The molecule has 0 aliphatic carbocycles.